The highest BCUT2D eigenvalue weighted by Gasteiger charge is 2.13. The molecule has 0 saturated heterocycles. The van der Waals surface area contributed by atoms with Crippen molar-refractivity contribution in [2.75, 3.05) is 12.9 Å². The van der Waals surface area contributed by atoms with Crippen LogP contribution in [0.4, 0.5) is 4.79 Å². The van der Waals surface area contributed by atoms with Gasteiger partial charge in [-0.15, -0.1) is 11.6 Å². The molecule has 0 unspecified atom stereocenters. The van der Waals surface area contributed by atoms with Crippen LogP contribution in [0.3, 0.4) is 0 Å². The fourth-order valence-corrected chi connectivity index (χ4v) is 0.762. The normalized spacial score (nSPS) is 9.92. The molecular weight excluding hydrogens is 192 g/mol. The quantitative estimate of drug-likeness (QED) is 0.706. The number of nitrogens with zero attached hydrogens (tertiary/aromatic N) is 1. The van der Waals surface area contributed by atoms with Crippen molar-refractivity contribution in [2.45, 2.75) is 26.3 Å². The number of halogens is 1. The van der Waals surface area contributed by atoms with Gasteiger partial charge in [-0.05, 0) is 13.8 Å². The highest BCUT2D eigenvalue weighted by atomic mass is 35.5. The van der Waals surface area contributed by atoms with E-state index in [2.05, 4.69) is 5.32 Å². The van der Waals surface area contributed by atoms with Gasteiger partial charge in [0, 0.05) is 25.4 Å². The van der Waals surface area contributed by atoms with Crippen LogP contribution >= 0.6 is 11.6 Å². The van der Waals surface area contributed by atoms with Crippen LogP contribution in [0.15, 0.2) is 0 Å². The highest BCUT2D eigenvalue weighted by Crippen LogP contribution is 1.94. The van der Waals surface area contributed by atoms with Gasteiger partial charge in [-0.3, -0.25) is 10.1 Å². The first-order chi connectivity index (χ1) is 5.99. The third kappa shape index (κ3) is 4.72. The predicted octanol–water partition coefficient (Wildman–Crippen LogP) is 1.19. The van der Waals surface area contributed by atoms with Crippen LogP contribution in [0.5, 0.6) is 0 Å². The molecule has 0 aromatic carbocycles. The van der Waals surface area contributed by atoms with E-state index in [9.17, 15) is 9.59 Å². The maximum Gasteiger partial charge on any atom is 0.324 e. The number of amides is 3. The summed E-state index contributed by atoms with van der Waals surface area (Å²) < 4.78 is 0. The van der Waals surface area contributed by atoms with E-state index in [4.69, 9.17) is 11.6 Å². The number of imide groups is 1. The van der Waals surface area contributed by atoms with E-state index in [1.165, 1.54) is 4.90 Å². The molecule has 4 nitrogen and oxygen atoms in total. The summed E-state index contributed by atoms with van der Waals surface area (Å²) in [6.07, 6.45) is 0.166. The van der Waals surface area contributed by atoms with E-state index in [-0.39, 0.29) is 30.3 Å². The third-order valence-corrected chi connectivity index (χ3v) is 1.85. The second-order valence-electron chi connectivity index (χ2n) is 3.00. The molecule has 0 fully saturated rings. The Hall–Kier alpha value is -0.770. The van der Waals surface area contributed by atoms with Gasteiger partial charge in [0.1, 0.15) is 0 Å². The summed E-state index contributed by atoms with van der Waals surface area (Å²) in [5.74, 6) is -0.114. The van der Waals surface area contributed by atoms with E-state index in [0.717, 1.165) is 0 Å². The summed E-state index contributed by atoms with van der Waals surface area (Å²) in [5.41, 5.74) is 0. The molecule has 0 aliphatic rings. The van der Waals surface area contributed by atoms with Crippen molar-refractivity contribution in [1.29, 1.82) is 0 Å². The van der Waals surface area contributed by atoms with Gasteiger partial charge in [0.05, 0.1) is 0 Å². The first-order valence-electron chi connectivity index (χ1n) is 4.11. The topological polar surface area (TPSA) is 49.4 Å². The molecule has 0 atom stereocenters. The summed E-state index contributed by atoms with van der Waals surface area (Å²) in [5, 5.41) is 2.23. The molecule has 76 valence electrons. The van der Waals surface area contributed by atoms with Gasteiger partial charge in [0.25, 0.3) is 0 Å². The second kappa shape index (κ2) is 5.80. The van der Waals surface area contributed by atoms with Crippen LogP contribution < -0.4 is 5.32 Å². The summed E-state index contributed by atoms with van der Waals surface area (Å²) >= 11 is 5.34. The Kier molecular flexibility index (Phi) is 5.46. The number of hydrogen-bond acceptors (Lipinski definition) is 2. The van der Waals surface area contributed by atoms with Crippen LogP contribution in [0.1, 0.15) is 20.3 Å². The summed E-state index contributed by atoms with van der Waals surface area (Å²) in [7, 11) is 1.63. The molecule has 0 aromatic rings. The molecule has 0 saturated carbocycles. The van der Waals surface area contributed by atoms with Crippen molar-refractivity contribution >= 4 is 23.5 Å². The van der Waals surface area contributed by atoms with Crippen molar-refractivity contribution in [3.05, 3.63) is 0 Å². The Bertz CT molecular complexity index is 195. The van der Waals surface area contributed by atoms with E-state index in [1.54, 1.807) is 7.05 Å². The third-order valence-electron chi connectivity index (χ3n) is 1.66. The van der Waals surface area contributed by atoms with Crippen LogP contribution in [0.25, 0.3) is 0 Å². The minimum Gasteiger partial charge on any atom is -0.325 e. The van der Waals surface area contributed by atoms with Gasteiger partial charge in [-0.2, -0.15) is 0 Å². The highest BCUT2D eigenvalue weighted by molar-refractivity contribution is 6.19. The first-order valence-corrected chi connectivity index (χ1v) is 4.65. The minimum absolute atomic E-state index is 0.0730. The standard InChI is InChI=1S/C8H15ClN2O2/c1-6(2)11(3)8(13)10-7(12)4-5-9/h6H,4-5H2,1-3H3,(H,10,12,13). The van der Waals surface area contributed by atoms with E-state index in [1.807, 2.05) is 13.8 Å². The molecule has 13 heavy (non-hydrogen) atoms. The number of urea groups is 1. The molecule has 5 heteroatoms. The SMILES string of the molecule is CC(C)N(C)C(=O)NC(=O)CCCl. The summed E-state index contributed by atoms with van der Waals surface area (Å²) in [4.78, 5) is 23.6. The minimum atomic E-state index is -0.384. The zero-order valence-corrected chi connectivity index (χ0v) is 8.89. The van der Waals surface area contributed by atoms with Gasteiger partial charge < -0.3 is 4.90 Å². The summed E-state index contributed by atoms with van der Waals surface area (Å²) in [6.45, 7) is 3.73. The maximum atomic E-state index is 11.2. The molecule has 0 bridgehead atoms. The smallest absolute Gasteiger partial charge is 0.324 e. The lowest BCUT2D eigenvalue weighted by Crippen LogP contribution is -2.43. The van der Waals surface area contributed by atoms with Gasteiger partial charge in [0.2, 0.25) is 5.91 Å². The zero-order chi connectivity index (χ0) is 10.4. The van der Waals surface area contributed by atoms with Gasteiger partial charge in [-0.25, -0.2) is 4.79 Å². The Labute approximate surface area is 83.2 Å². The largest absolute Gasteiger partial charge is 0.325 e. The molecule has 1 N–H and O–H groups in total. The number of rotatable bonds is 3. The average Bonchev–Trinajstić information content (AvgIpc) is 2.03. The Morgan fingerprint density at radius 3 is 2.38 bits per heavy atom. The summed E-state index contributed by atoms with van der Waals surface area (Å²) in [6, 6.07) is -0.311. The van der Waals surface area contributed by atoms with E-state index < -0.39 is 0 Å². The monoisotopic (exact) mass is 206 g/mol. The molecule has 0 aliphatic carbocycles. The van der Waals surface area contributed by atoms with E-state index in [0.29, 0.717) is 0 Å². The molecule has 0 heterocycles. The Balaban J connectivity index is 3.93. The van der Waals surface area contributed by atoms with Crippen molar-refractivity contribution in [2.24, 2.45) is 0 Å². The lowest BCUT2D eigenvalue weighted by Gasteiger charge is -2.20. The fraction of sp³-hybridized carbons (Fsp3) is 0.750. The van der Waals surface area contributed by atoms with Crippen LogP contribution in [-0.4, -0.2) is 35.8 Å². The van der Waals surface area contributed by atoms with Gasteiger partial charge in [-0.1, -0.05) is 0 Å². The first kappa shape index (κ1) is 12.2. The molecule has 0 radical (unpaired) electrons. The molecular formula is C8H15ClN2O2. The number of nitrogens with one attached hydrogen (secondary N) is 1. The molecule has 0 aliphatic heterocycles. The molecule has 0 spiro atoms. The number of carbonyl (C=O) groups is 2. The van der Waals surface area contributed by atoms with Crippen molar-refractivity contribution in [1.82, 2.24) is 10.2 Å². The van der Waals surface area contributed by atoms with Crippen LogP contribution in [0.2, 0.25) is 0 Å². The maximum absolute atomic E-state index is 11.2. The fourth-order valence-electron chi connectivity index (χ4n) is 0.590. The molecule has 3 amide bonds. The Morgan fingerprint density at radius 2 is 2.00 bits per heavy atom. The van der Waals surface area contributed by atoms with Crippen LogP contribution in [-0.2, 0) is 4.79 Å². The lowest BCUT2D eigenvalue weighted by atomic mass is 10.3. The van der Waals surface area contributed by atoms with Crippen LogP contribution in [0, 0.1) is 0 Å². The van der Waals surface area contributed by atoms with E-state index >= 15 is 0 Å². The second-order valence-corrected chi connectivity index (χ2v) is 3.37. The lowest BCUT2D eigenvalue weighted by molar-refractivity contribution is -0.119. The number of alkyl halides is 1. The number of hydrogen-bond donors (Lipinski definition) is 1. The van der Waals surface area contributed by atoms with Gasteiger partial charge in [0.15, 0.2) is 0 Å². The van der Waals surface area contributed by atoms with Crippen molar-refractivity contribution in [3.8, 4) is 0 Å². The predicted molar refractivity (Wildman–Crippen MR) is 51.8 cm³/mol. The zero-order valence-electron chi connectivity index (χ0n) is 8.13. The molecule has 0 aromatic heterocycles. The Morgan fingerprint density at radius 1 is 1.46 bits per heavy atom. The average molecular weight is 207 g/mol. The van der Waals surface area contributed by atoms with Crippen molar-refractivity contribution < 1.29 is 9.59 Å². The molecule has 0 rings (SSSR count). The van der Waals surface area contributed by atoms with Gasteiger partial charge >= 0.3 is 6.03 Å². The van der Waals surface area contributed by atoms with Crippen molar-refractivity contribution in [3.63, 3.8) is 0 Å². The number of carbonyl (C=O) groups excluding carboxylic acids is 2.